The second kappa shape index (κ2) is 5.43. The van der Waals surface area contributed by atoms with Gasteiger partial charge < -0.3 is 4.74 Å². The van der Waals surface area contributed by atoms with Crippen molar-refractivity contribution < 1.29 is 14.3 Å². The summed E-state index contributed by atoms with van der Waals surface area (Å²) in [6.45, 7) is 0. The minimum atomic E-state index is -0.338. The molecule has 3 nitrogen and oxygen atoms in total. The Bertz CT molecular complexity index is 434. The van der Waals surface area contributed by atoms with Crippen LogP contribution in [-0.2, 0) is 9.53 Å². The minimum Gasteiger partial charge on any atom is -0.455 e. The van der Waals surface area contributed by atoms with E-state index in [0.29, 0.717) is 18.4 Å². The summed E-state index contributed by atoms with van der Waals surface area (Å²) in [7, 11) is 0. The lowest BCUT2D eigenvalue weighted by Crippen LogP contribution is -2.15. The summed E-state index contributed by atoms with van der Waals surface area (Å²) < 4.78 is 5.33. The molecule has 0 aliphatic heterocycles. The van der Waals surface area contributed by atoms with Crippen LogP contribution >= 0.6 is 0 Å². The van der Waals surface area contributed by atoms with Crippen LogP contribution in [0.3, 0.4) is 0 Å². The van der Waals surface area contributed by atoms with E-state index < -0.39 is 0 Å². The van der Waals surface area contributed by atoms with Gasteiger partial charge in [-0.15, -0.1) is 0 Å². The van der Waals surface area contributed by atoms with Crippen LogP contribution in [0.4, 0.5) is 0 Å². The van der Waals surface area contributed by atoms with E-state index in [1.165, 1.54) is 6.08 Å². The molecule has 88 valence electrons. The van der Waals surface area contributed by atoms with Gasteiger partial charge >= 0.3 is 5.97 Å². The van der Waals surface area contributed by atoms with Crippen molar-refractivity contribution in [1.29, 1.82) is 0 Å². The maximum Gasteiger partial charge on any atom is 0.338 e. The molecule has 0 fully saturated rings. The molecule has 1 aliphatic rings. The Kier molecular flexibility index (Phi) is 3.70. The first-order valence-electron chi connectivity index (χ1n) is 5.73. The molecule has 0 saturated heterocycles. The second-order valence-corrected chi connectivity index (χ2v) is 4.03. The highest BCUT2D eigenvalue weighted by Gasteiger charge is 2.16. The molecular weight excluding hydrogens is 216 g/mol. The number of rotatable bonds is 2. The lowest BCUT2D eigenvalue weighted by molar-refractivity contribution is -0.114. The van der Waals surface area contributed by atoms with E-state index in [1.807, 2.05) is 6.07 Å². The number of ether oxygens (including phenoxy) is 1. The molecule has 17 heavy (non-hydrogen) atoms. The molecule has 1 aliphatic carbocycles. The molecule has 0 amide bonds. The Balaban J connectivity index is 1.99. The summed E-state index contributed by atoms with van der Waals surface area (Å²) in [5.41, 5.74) is 0.538. The lowest BCUT2D eigenvalue weighted by atomic mass is 10.2. The van der Waals surface area contributed by atoms with Crippen LogP contribution in [-0.4, -0.2) is 17.9 Å². The van der Waals surface area contributed by atoms with Crippen molar-refractivity contribution in [3.05, 3.63) is 48.0 Å². The van der Waals surface area contributed by atoms with Gasteiger partial charge in [0.25, 0.3) is 0 Å². The quantitative estimate of drug-likeness (QED) is 0.733. The number of benzene rings is 1. The van der Waals surface area contributed by atoms with Crippen molar-refractivity contribution >= 4 is 11.8 Å². The van der Waals surface area contributed by atoms with Crippen molar-refractivity contribution in [1.82, 2.24) is 0 Å². The molecule has 0 spiro atoms. The fraction of sp³-hybridized carbons (Fsp3) is 0.286. The van der Waals surface area contributed by atoms with Gasteiger partial charge in [-0.3, -0.25) is 4.79 Å². The highest BCUT2D eigenvalue weighted by Crippen LogP contribution is 2.14. The van der Waals surface area contributed by atoms with Crippen molar-refractivity contribution in [3.63, 3.8) is 0 Å². The van der Waals surface area contributed by atoms with Gasteiger partial charge in [0.15, 0.2) is 5.78 Å². The summed E-state index contributed by atoms with van der Waals surface area (Å²) in [6, 6.07) is 8.87. The summed E-state index contributed by atoms with van der Waals surface area (Å²) in [4.78, 5) is 22.9. The third-order valence-corrected chi connectivity index (χ3v) is 2.68. The monoisotopic (exact) mass is 230 g/mol. The van der Waals surface area contributed by atoms with Crippen LogP contribution in [0, 0.1) is 0 Å². The zero-order valence-electron chi connectivity index (χ0n) is 9.46. The highest BCUT2D eigenvalue weighted by atomic mass is 16.5. The largest absolute Gasteiger partial charge is 0.455 e. The van der Waals surface area contributed by atoms with E-state index in [9.17, 15) is 9.59 Å². The topological polar surface area (TPSA) is 43.4 Å². The Hall–Kier alpha value is -1.90. The molecule has 0 N–H and O–H groups in total. The number of allylic oxidation sites excluding steroid dienone is 1. The highest BCUT2D eigenvalue weighted by molar-refractivity contribution is 5.91. The van der Waals surface area contributed by atoms with Crippen LogP contribution < -0.4 is 0 Å². The van der Waals surface area contributed by atoms with E-state index in [2.05, 4.69) is 0 Å². The minimum absolute atomic E-state index is 0.100. The maximum atomic E-state index is 11.8. The van der Waals surface area contributed by atoms with Gasteiger partial charge in [0.2, 0.25) is 0 Å². The average molecular weight is 230 g/mol. The fourth-order valence-corrected chi connectivity index (χ4v) is 1.75. The molecule has 2 rings (SSSR count). The van der Waals surface area contributed by atoms with E-state index in [1.54, 1.807) is 30.3 Å². The third-order valence-electron chi connectivity index (χ3n) is 2.68. The number of carbonyl (C=O) groups is 2. The SMILES string of the molecule is O=C1C=CC(OC(=O)c2ccccc2)CCC1. The number of esters is 1. The van der Waals surface area contributed by atoms with Crippen molar-refractivity contribution in [2.24, 2.45) is 0 Å². The van der Waals surface area contributed by atoms with Crippen LogP contribution in [0.15, 0.2) is 42.5 Å². The molecule has 0 saturated carbocycles. The van der Waals surface area contributed by atoms with Crippen molar-refractivity contribution in [2.45, 2.75) is 25.4 Å². The van der Waals surface area contributed by atoms with E-state index in [-0.39, 0.29) is 17.9 Å². The van der Waals surface area contributed by atoms with Crippen LogP contribution in [0.25, 0.3) is 0 Å². The Morgan fingerprint density at radius 1 is 1.24 bits per heavy atom. The first kappa shape index (κ1) is 11.6. The molecule has 1 atom stereocenters. The fourth-order valence-electron chi connectivity index (χ4n) is 1.75. The number of hydrogen-bond acceptors (Lipinski definition) is 3. The standard InChI is InChI=1S/C14H14O3/c15-12-7-4-8-13(10-9-12)17-14(16)11-5-2-1-3-6-11/h1-3,5-6,9-10,13H,4,7-8H2. The smallest absolute Gasteiger partial charge is 0.338 e. The van der Waals surface area contributed by atoms with Crippen molar-refractivity contribution in [3.8, 4) is 0 Å². The van der Waals surface area contributed by atoms with Crippen LogP contribution in [0.5, 0.6) is 0 Å². The molecule has 1 aromatic rings. The molecule has 0 radical (unpaired) electrons. The molecule has 0 bridgehead atoms. The summed E-state index contributed by atoms with van der Waals surface area (Å²) >= 11 is 0. The van der Waals surface area contributed by atoms with Gasteiger partial charge in [-0.25, -0.2) is 4.79 Å². The maximum absolute atomic E-state index is 11.8. The normalized spacial score (nSPS) is 19.8. The zero-order chi connectivity index (χ0) is 12.1. The number of carbonyl (C=O) groups excluding carboxylic acids is 2. The first-order valence-corrected chi connectivity index (χ1v) is 5.73. The van der Waals surface area contributed by atoms with Gasteiger partial charge in [0.1, 0.15) is 6.10 Å². The average Bonchev–Trinajstić information content (AvgIpc) is 2.56. The Labute approximate surface area is 100 Å². The first-order chi connectivity index (χ1) is 8.25. The van der Waals surface area contributed by atoms with Gasteiger partial charge in [-0.05, 0) is 37.1 Å². The van der Waals surface area contributed by atoms with E-state index >= 15 is 0 Å². The molecule has 3 heteroatoms. The summed E-state index contributed by atoms with van der Waals surface area (Å²) in [5.74, 6) is -0.238. The number of hydrogen-bond donors (Lipinski definition) is 0. The van der Waals surface area contributed by atoms with E-state index in [4.69, 9.17) is 4.74 Å². The van der Waals surface area contributed by atoms with Gasteiger partial charge in [0.05, 0.1) is 5.56 Å². The summed E-state index contributed by atoms with van der Waals surface area (Å²) in [5, 5.41) is 0. The van der Waals surface area contributed by atoms with Gasteiger partial charge in [-0.1, -0.05) is 18.2 Å². The van der Waals surface area contributed by atoms with Crippen LogP contribution in [0.1, 0.15) is 29.6 Å². The molecule has 0 aromatic heterocycles. The van der Waals surface area contributed by atoms with Crippen molar-refractivity contribution in [2.75, 3.05) is 0 Å². The lowest BCUT2D eigenvalue weighted by Gasteiger charge is -2.12. The van der Waals surface area contributed by atoms with Crippen LogP contribution in [0.2, 0.25) is 0 Å². The van der Waals surface area contributed by atoms with Gasteiger partial charge in [0, 0.05) is 6.42 Å². The molecule has 0 heterocycles. The molecule has 1 unspecified atom stereocenters. The third kappa shape index (κ3) is 3.28. The number of ketones is 1. The predicted molar refractivity (Wildman–Crippen MR) is 63.6 cm³/mol. The zero-order valence-corrected chi connectivity index (χ0v) is 9.46. The second-order valence-electron chi connectivity index (χ2n) is 4.03. The molecule has 1 aromatic carbocycles. The molecular formula is C14H14O3. The predicted octanol–water partition coefficient (Wildman–Crippen LogP) is 2.52. The Morgan fingerprint density at radius 2 is 2.00 bits per heavy atom. The summed E-state index contributed by atoms with van der Waals surface area (Å²) in [6.07, 6.45) is 4.91. The van der Waals surface area contributed by atoms with Gasteiger partial charge in [-0.2, -0.15) is 0 Å². The Morgan fingerprint density at radius 3 is 2.76 bits per heavy atom. The van der Waals surface area contributed by atoms with E-state index in [0.717, 1.165) is 6.42 Å².